The number of nitrogens with zero attached hydrogens (tertiary/aromatic N) is 6. The van der Waals surface area contributed by atoms with E-state index in [1.807, 2.05) is 55.7 Å². The SMILES string of the molecule is CCCCc1cn(-c2c(F)ccn2CC)c(=O)n1CC1(c2cccc(-c3nn[nH]n3)c2)C=CNC=C1. The first-order chi connectivity index (χ1) is 17.6. The van der Waals surface area contributed by atoms with Gasteiger partial charge in [-0.25, -0.2) is 9.18 Å². The van der Waals surface area contributed by atoms with Gasteiger partial charge in [-0.3, -0.25) is 9.13 Å². The largest absolute Gasteiger partial charge is 0.368 e. The second-order valence-corrected chi connectivity index (χ2v) is 8.93. The molecule has 10 heteroatoms. The molecule has 0 saturated carbocycles. The fourth-order valence-corrected chi connectivity index (χ4v) is 4.74. The van der Waals surface area contributed by atoms with Gasteiger partial charge >= 0.3 is 5.69 Å². The number of aromatic nitrogens is 7. The van der Waals surface area contributed by atoms with Crippen LogP contribution in [0.4, 0.5) is 4.39 Å². The van der Waals surface area contributed by atoms with E-state index in [9.17, 15) is 9.18 Å². The van der Waals surface area contributed by atoms with Crippen LogP contribution in [0.25, 0.3) is 17.2 Å². The van der Waals surface area contributed by atoms with Gasteiger partial charge in [0.2, 0.25) is 5.82 Å². The Balaban J connectivity index is 1.63. The quantitative estimate of drug-likeness (QED) is 0.374. The number of dihydropyridines is 1. The lowest BCUT2D eigenvalue weighted by atomic mass is 9.78. The molecule has 0 bridgehead atoms. The predicted molar refractivity (Wildman–Crippen MR) is 135 cm³/mol. The van der Waals surface area contributed by atoms with Crippen LogP contribution in [-0.2, 0) is 24.9 Å². The maximum atomic E-state index is 14.8. The molecule has 0 unspecified atom stereocenters. The van der Waals surface area contributed by atoms with Crippen molar-refractivity contribution >= 4 is 0 Å². The van der Waals surface area contributed by atoms with Crippen molar-refractivity contribution in [2.24, 2.45) is 0 Å². The molecule has 4 heterocycles. The summed E-state index contributed by atoms with van der Waals surface area (Å²) in [5, 5.41) is 17.5. The van der Waals surface area contributed by atoms with Crippen molar-refractivity contribution in [3.63, 3.8) is 0 Å². The Morgan fingerprint density at radius 1 is 1.14 bits per heavy atom. The van der Waals surface area contributed by atoms with E-state index in [0.717, 1.165) is 36.1 Å². The van der Waals surface area contributed by atoms with Crippen LogP contribution in [0, 0.1) is 5.82 Å². The van der Waals surface area contributed by atoms with Crippen molar-refractivity contribution in [2.75, 3.05) is 0 Å². The Bertz CT molecular complexity index is 1450. The van der Waals surface area contributed by atoms with E-state index in [2.05, 4.69) is 32.9 Å². The summed E-state index contributed by atoms with van der Waals surface area (Å²) in [5.74, 6) is 0.350. The Hall–Kier alpha value is -4.21. The van der Waals surface area contributed by atoms with Gasteiger partial charge in [0, 0.05) is 36.7 Å². The van der Waals surface area contributed by atoms with Crippen LogP contribution in [0.5, 0.6) is 0 Å². The van der Waals surface area contributed by atoms with Gasteiger partial charge in [-0.15, -0.1) is 10.2 Å². The molecule has 1 aliphatic heterocycles. The molecule has 1 aromatic carbocycles. The Morgan fingerprint density at radius 2 is 1.97 bits per heavy atom. The topological polar surface area (TPSA) is 98.4 Å². The van der Waals surface area contributed by atoms with Gasteiger partial charge in [-0.1, -0.05) is 43.7 Å². The zero-order valence-corrected chi connectivity index (χ0v) is 20.4. The second-order valence-electron chi connectivity index (χ2n) is 8.93. The zero-order valence-electron chi connectivity index (χ0n) is 20.4. The lowest BCUT2D eigenvalue weighted by Crippen LogP contribution is -2.36. The van der Waals surface area contributed by atoms with Gasteiger partial charge < -0.3 is 9.88 Å². The molecular weight excluding hydrogens is 459 g/mol. The minimum atomic E-state index is -0.618. The number of allylic oxidation sites excluding steroid dienone is 2. The maximum Gasteiger partial charge on any atom is 0.334 e. The highest BCUT2D eigenvalue weighted by molar-refractivity contribution is 5.57. The number of aryl methyl sites for hydroxylation is 2. The molecule has 36 heavy (non-hydrogen) atoms. The summed E-state index contributed by atoms with van der Waals surface area (Å²) in [7, 11) is 0. The molecule has 5 rings (SSSR count). The third-order valence-electron chi connectivity index (χ3n) is 6.68. The predicted octanol–water partition coefficient (Wildman–Crippen LogP) is 3.69. The number of rotatable bonds is 9. The molecule has 0 amide bonds. The maximum absolute atomic E-state index is 14.8. The Kier molecular flexibility index (Phi) is 6.41. The highest BCUT2D eigenvalue weighted by Crippen LogP contribution is 2.33. The lowest BCUT2D eigenvalue weighted by molar-refractivity contribution is 0.494. The van der Waals surface area contributed by atoms with E-state index in [1.165, 1.54) is 10.6 Å². The number of benzene rings is 1. The number of unbranched alkanes of at least 4 members (excludes halogenated alkanes) is 1. The molecule has 3 aromatic heterocycles. The van der Waals surface area contributed by atoms with E-state index in [0.29, 0.717) is 18.9 Å². The standard InChI is InChI=1S/C26H29FN8O/c1-3-5-9-21-17-34(24-22(27)10-15-33(24)4-2)25(36)35(21)18-26(11-13-28-14-12-26)20-8-6-7-19(16-20)23-29-31-32-30-23/h6-8,10-17,28H,3-5,9,18H2,1-2H3,(H,29,30,31,32). The average Bonchev–Trinajstić information content (AvgIpc) is 3.64. The summed E-state index contributed by atoms with van der Waals surface area (Å²) in [6.07, 6.45) is 13.9. The van der Waals surface area contributed by atoms with Gasteiger partial charge in [0.25, 0.3) is 0 Å². The minimum Gasteiger partial charge on any atom is -0.368 e. The zero-order chi connectivity index (χ0) is 25.1. The highest BCUT2D eigenvalue weighted by atomic mass is 19.1. The minimum absolute atomic E-state index is 0.262. The fraction of sp³-hybridized carbons (Fsp3) is 0.308. The summed E-state index contributed by atoms with van der Waals surface area (Å²) in [6.45, 7) is 4.96. The monoisotopic (exact) mass is 488 g/mol. The molecule has 2 N–H and O–H groups in total. The number of hydrogen-bond acceptors (Lipinski definition) is 5. The first-order valence-electron chi connectivity index (χ1n) is 12.2. The van der Waals surface area contributed by atoms with Gasteiger partial charge in [-0.05, 0) is 55.1 Å². The molecule has 4 aromatic rings. The summed E-state index contributed by atoms with van der Waals surface area (Å²) in [4.78, 5) is 13.8. The van der Waals surface area contributed by atoms with E-state index in [-0.39, 0.29) is 11.5 Å². The Labute approximate surface area is 208 Å². The van der Waals surface area contributed by atoms with Crippen LogP contribution >= 0.6 is 0 Å². The van der Waals surface area contributed by atoms with E-state index in [4.69, 9.17) is 0 Å². The lowest BCUT2D eigenvalue weighted by Gasteiger charge is -2.31. The van der Waals surface area contributed by atoms with E-state index in [1.54, 1.807) is 21.5 Å². The molecule has 0 spiro atoms. The van der Waals surface area contributed by atoms with Gasteiger partial charge in [0.1, 0.15) is 0 Å². The van der Waals surface area contributed by atoms with E-state index >= 15 is 0 Å². The van der Waals surface area contributed by atoms with Crippen molar-refractivity contribution < 1.29 is 4.39 Å². The van der Waals surface area contributed by atoms with Crippen LogP contribution in [0.3, 0.4) is 0 Å². The van der Waals surface area contributed by atoms with Crippen LogP contribution < -0.4 is 11.0 Å². The summed E-state index contributed by atoms with van der Waals surface area (Å²) < 4.78 is 19.8. The normalized spacial score (nSPS) is 14.3. The average molecular weight is 489 g/mol. The van der Waals surface area contributed by atoms with Crippen LogP contribution in [0.2, 0.25) is 0 Å². The number of halogens is 1. The Morgan fingerprint density at radius 3 is 2.69 bits per heavy atom. The second kappa shape index (κ2) is 9.80. The molecule has 0 fully saturated rings. The molecule has 0 radical (unpaired) electrons. The first kappa shape index (κ1) is 23.5. The van der Waals surface area contributed by atoms with Crippen molar-refractivity contribution in [3.05, 3.63) is 94.8 Å². The number of tetrazole rings is 1. The smallest absolute Gasteiger partial charge is 0.334 e. The third-order valence-corrected chi connectivity index (χ3v) is 6.68. The summed E-state index contributed by atoms with van der Waals surface area (Å²) in [6, 6.07) is 9.31. The van der Waals surface area contributed by atoms with E-state index < -0.39 is 11.2 Å². The van der Waals surface area contributed by atoms with Crippen molar-refractivity contribution in [1.82, 2.24) is 39.6 Å². The fourth-order valence-electron chi connectivity index (χ4n) is 4.74. The van der Waals surface area contributed by atoms with Crippen molar-refractivity contribution in [3.8, 4) is 17.2 Å². The third kappa shape index (κ3) is 4.19. The summed E-state index contributed by atoms with van der Waals surface area (Å²) >= 11 is 0. The molecule has 0 saturated heterocycles. The molecule has 9 nitrogen and oxygen atoms in total. The van der Waals surface area contributed by atoms with Gasteiger partial charge in [-0.2, -0.15) is 5.21 Å². The van der Waals surface area contributed by atoms with Gasteiger partial charge in [0.15, 0.2) is 11.6 Å². The molecular formula is C26H29FN8O. The van der Waals surface area contributed by atoms with Crippen LogP contribution in [-0.4, -0.2) is 34.3 Å². The van der Waals surface area contributed by atoms with Crippen molar-refractivity contribution in [1.29, 1.82) is 0 Å². The van der Waals surface area contributed by atoms with Crippen molar-refractivity contribution in [2.45, 2.75) is 51.6 Å². The number of aromatic amines is 1. The number of hydrogen-bond donors (Lipinski definition) is 2. The van der Waals surface area contributed by atoms with Crippen LogP contribution in [0.1, 0.15) is 37.9 Å². The van der Waals surface area contributed by atoms with Gasteiger partial charge in [0.05, 0.1) is 5.41 Å². The number of nitrogens with one attached hydrogen (secondary N) is 2. The van der Waals surface area contributed by atoms with Crippen LogP contribution in [0.15, 0.2) is 72.1 Å². The molecule has 1 aliphatic rings. The first-order valence-corrected chi connectivity index (χ1v) is 12.2. The summed E-state index contributed by atoms with van der Waals surface area (Å²) in [5.41, 5.74) is 1.79. The molecule has 186 valence electrons. The highest BCUT2D eigenvalue weighted by Gasteiger charge is 2.32. The number of imidazole rings is 1. The number of H-pyrrole nitrogens is 1. The molecule has 0 atom stereocenters. The molecule has 0 aliphatic carbocycles.